The molecule has 39 valence electrons. The quantitative estimate of drug-likeness (QED) is 0.255. The summed E-state index contributed by atoms with van der Waals surface area (Å²) in [5.74, 6) is 0.849. The summed E-state index contributed by atoms with van der Waals surface area (Å²) in [7, 11) is 0. The molecular formula is C5H6LiO2. The van der Waals surface area contributed by atoms with Gasteiger partial charge < -0.3 is 4.74 Å². The molecular weight excluding hydrogens is 99.0 g/mol. The third-order valence-electron chi connectivity index (χ3n) is 0.377. The first-order chi connectivity index (χ1) is 3.31. The van der Waals surface area contributed by atoms with Crippen molar-refractivity contribution in [2.24, 2.45) is 0 Å². The van der Waals surface area contributed by atoms with Crippen molar-refractivity contribution in [2.45, 2.75) is 6.92 Å². The summed E-state index contributed by atoms with van der Waals surface area (Å²) >= 11 is 0. The van der Waals surface area contributed by atoms with Crippen molar-refractivity contribution in [3.8, 4) is 5.92 Å². The summed E-state index contributed by atoms with van der Waals surface area (Å²) in [5.41, 5.74) is 0. The molecule has 0 saturated carbocycles. The van der Waals surface area contributed by atoms with Gasteiger partial charge in [-0.25, -0.2) is 4.79 Å². The van der Waals surface area contributed by atoms with Crippen LogP contribution < -0.4 is 0 Å². The number of ether oxygens (including phenoxy) is 1. The average Bonchev–Trinajstić information content (AvgIpc) is 1.68. The monoisotopic (exact) mass is 105 g/mol. The number of hydrogen-bond acceptors (Lipinski definition) is 2. The molecule has 0 amide bonds. The van der Waals surface area contributed by atoms with Gasteiger partial charge in [-0.05, 0) is 13.3 Å². The van der Waals surface area contributed by atoms with Crippen LogP contribution in [0.3, 0.4) is 0 Å². The van der Waals surface area contributed by atoms with E-state index in [-0.39, 0.29) is 18.9 Å². The maximum atomic E-state index is 9.89. The molecule has 0 heterocycles. The first-order valence-corrected chi connectivity index (χ1v) is 1.90. The fourth-order valence-electron chi connectivity index (χ4n) is 0.167. The molecule has 0 fully saturated rings. The molecule has 0 aliphatic rings. The topological polar surface area (TPSA) is 26.3 Å². The normalized spacial score (nSPS) is 6.00. The Morgan fingerprint density at radius 2 is 2.38 bits per heavy atom. The fraction of sp³-hybridized carbons (Fsp3) is 0.400. The van der Waals surface area contributed by atoms with E-state index in [9.17, 15) is 4.79 Å². The van der Waals surface area contributed by atoms with Gasteiger partial charge >= 0.3 is 24.8 Å². The van der Waals surface area contributed by atoms with Crippen molar-refractivity contribution in [3.05, 3.63) is 6.42 Å². The summed E-state index contributed by atoms with van der Waals surface area (Å²) in [6, 6.07) is 0. The van der Waals surface area contributed by atoms with Gasteiger partial charge in [0, 0.05) is 5.92 Å². The number of carbonyl (C=O) groups is 1. The third kappa shape index (κ3) is 5.63. The Labute approximate surface area is 60.8 Å². The summed E-state index contributed by atoms with van der Waals surface area (Å²) in [5, 5.41) is 0. The van der Waals surface area contributed by atoms with Crippen LogP contribution in [0.2, 0.25) is 0 Å². The second kappa shape index (κ2) is 6.63. The van der Waals surface area contributed by atoms with Crippen molar-refractivity contribution in [1.29, 1.82) is 0 Å². The molecule has 0 unspecified atom stereocenters. The SMILES string of the molecule is [C]#CC(=O)OCC.[LiH]. The van der Waals surface area contributed by atoms with Gasteiger partial charge in [0.05, 0.1) is 6.61 Å². The molecule has 8 heavy (non-hydrogen) atoms. The molecule has 0 N–H and O–H groups in total. The van der Waals surface area contributed by atoms with Crippen molar-refractivity contribution in [1.82, 2.24) is 0 Å². The third-order valence-corrected chi connectivity index (χ3v) is 0.377. The van der Waals surface area contributed by atoms with E-state index in [0.29, 0.717) is 6.61 Å². The first kappa shape index (κ1) is 10.6. The number of rotatable bonds is 1. The van der Waals surface area contributed by atoms with Gasteiger partial charge in [0.25, 0.3) is 0 Å². The zero-order chi connectivity index (χ0) is 5.70. The van der Waals surface area contributed by atoms with E-state index in [4.69, 9.17) is 6.42 Å². The van der Waals surface area contributed by atoms with E-state index < -0.39 is 5.97 Å². The fourth-order valence-corrected chi connectivity index (χ4v) is 0.167. The average molecular weight is 105 g/mol. The molecule has 3 heteroatoms. The molecule has 0 rings (SSSR count). The first-order valence-electron chi connectivity index (χ1n) is 1.90. The second-order valence-electron chi connectivity index (χ2n) is 0.845. The van der Waals surface area contributed by atoms with Crippen LogP contribution in [0.25, 0.3) is 0 Å². The van der Waals surface area contributed by atoms with Crippen LogP contribution >= 0.6 is 0 Å². The molecule has 0 aliphatic heterocycles. The van der Waals surface area contributed by atoms with Crippen molar-refractivity contribution >= 4 is 24.8 Å². The number of carbonyl (C=O) groups excluding carboxylic acids is 1. The van der Waals surface area contributed by atoms with E-state index >= 15 is 0 Å². The minimum atomic E-state index is -0.706. The van der Waals surface area contributed by atoms with Crippen LogP contribution in [0, 0.1) is 12.3 Å². The van der Waals surface area contributed by atoms with Crippen LogP contribution in [0.4, 0.5) is 0 Å². The van der Waals surface area contributed by atoms with Gasteiger partial charge in [0.1, 0.15) is 0 Å². The molecule has 2 nitrogen and oxygen atoms in total. The molecule has 0 aromatic rings. The van der Waals surface area contributed by atoms with Gasteiger partial charge in [-0.2, -0.15) is 0 Å². The number of hydrogen-bond donors (Lipinski definition) is 0. The Bertz CT molecular complexity index is 103. The standard InChI is InChI=1S/C5H5O2.Li.H/c1-3-5(6)7-4-2;;/h4H2,2H3;;. The molecule has 0 spiro atoms. The molecule has 0 bridgehead atoms. The van der Waals surface area contributed by atoms with Crippen LogP contribution in [0.1, 0.15) is 6.92 Å². The summed E-state index contributed by atoms with van der Waals surface area (Å²) in [4.78, 5) is 9.89. The summed E-state index contributed by atoms with van der Waals surface area (Å²) < 4.78 is 4.25. The zero-order valence-electron chi connectivity index (χ0n) is 4.02. The Hall–Kier alpha value is -0.373. The summed E-state index contributed by atoms with van der Waals surface area (Å²) in [6.45, 7) is 1.99. The Morgan fingerprint density at radius 1 is 1.88 bits per heavy atom. The van der Waals surface area contributed by atoms with Crippen LogP contribution in [0.15, 0.2) is 0 Å². The molecule has 0 aromatic heterocycles. The molecule has 1 radical (unpaired) electrons. The van der Waals surface area contributed by atoms with Gasteiger partial charge in [0.2, 0.25) is 0 Å². The molecule has 0 saturated heterocycles. The second-order valence-corrected chi connectivity index (χ2v) is 0.845. The minimum absolute atomic E-state index is 0. The van der Waals surface area contributed by atoms with Gasteiger partial charge in [0.15, 0.2) is 0 Å². The van der Waals surface area contributed by atoms with E-state index in [1.165, 1.54) is 0 Å². The van der Waals surface area contributed by atoms with Crippen LogP contribution in [0.5, 0.6) is 0 Å². The van der Waals surface area contributed by atoms with Crippen LogP contribution in [-0.4, -0.2) is 31.4 Å². The van der Waals surface area contributed by atoms with Crippen molar-refractivity contribution < 1.29 is 9.53 Å². The van der Waals surface area contributed by atoms with Gasteiger partial charge in [-0.1, -0.05) is 0 Å². The van der Waals surface area contributed by atoms with Gasteiger partial charge in [-0.15, -0.1) is 0 Å². The summed E-state index contributed by atoms with van der Waals surface area (Å²) in [6.07, 6.45) is 6.19. The van der Waals surface area contributed by atoms with Gasteiger partial charge in [-0.3, -0.25) is 0 Å². The van der Waals surface area contributed by atoms with E-state index in [2.05, 4.69) is 4.74 Å². The van der Waals surface area contributed by atoms with Crippen molar-refractivity contribution in [3.63, 3.8) is 0 Å². The molecule has 0 aliphatic carbocycles. The van der Waals surface area contributed by atoms with E-state index in [0.717, 1.165) is 0 Å². The zero-order valence-corrected chi connectivity index (χ0v) is 4.02. The Morgan fingerprint density at radius 3 is 2.50 bits per heavy atom. The Kier molecular flexibility index (Phi) is 8.76. The van der Waals surface area contributed by atoms with Crippen molar-refractivity contribution in [2.75, 3.05) is 6.61 Å². The Balaban J connectivity index is 0. The van der Waals surface area contributed by atoms with E-state index in [1.54, 1.807) is 12.8 Å². The molecule has 0 aromatic carbocycles. The molecule has 0 atom stereocenters. The predicted octanol–water partition coefficient (Wildman–Crippen LogP) is -0.509. The maximum absolute atomic E-state index is 9.89. The number of esters is 1. The predicted molar refractivity (Wildman–Crippen MR) is 30.9 cm³/mol. The van der Waals surface area contributed by atoms with E-state index in [1.807, 2.05) is 0 Å². The van der Waals surface area contributed by atoms with Crippen LogP contribution in [-0.2, 0) is 9.53 Å².